The number of carbonyl (C=O) groups excluding carboxylic acids is 2. The molecule has 8 nitrogen and oxygen atoms in total. The number of aromatic amines is 1. The molecule has 3 rings (SSSR count). The number of aromatic nitrogens is 3. The molecule has 28 heavy (non-hydrogen) atoms. The molecule has 1 saturated heterocycles. The van der Waals surface area contributed by atoms with Gasteiger partial charge in [-0.15, -0.1) is 0 Å². The van der Waals surface area contributed by atoms with E-state index < -0.39 is 0 Å². The van der Waals surface area contributed by atoms with E-state index >= 15 is 0 Å². The average Bonchev–Trinajstić information content (AvgIpc) is 3.10. The molecule has 9 heteroatoms. The van der Waals surface area contributed by atoms with Crippen LogP contribution in [-0.4, -0.2) is 51.1 Å². The molecular weight excluding hydrogens is 382 g/mol. The van der Waals surface area contributed by atoms with Gasteiger partial charge in [-0.25, -0.2) is 4.98 Å². The fraction of sp³-hybridized carbons (Fsp3) is 0.474. The Balaban J connectivity index is 1.74. The van der Waals surface area contributed by atoms with Gasteiger partial charge >= 0.3 is 0 Å². The summed E-state index contributed by atoms with van der Waals surface area (Å²) >= 11 is 6.22. The van der Waals surface area contributed by atoms with Gasteiger partial charge in [-0.3, -0.25) is 14.7 Å². The van der Waals surface area contributed by atoms with Gasteiger partial charge < -0.3 is 15.0 Å². The SMILES string of the molecule is CC(=O)Nc1cn[nH]c1[C@@H]1CCCN(C(=O)c2cnc(OC(C)C)c(Cl)c2)C1. The first-order valence-electron chi connectivity index (χ1n) is 9.27. The van der Waals surface area contributed by atoms with Crippen LogP contribution < -0.4 is 10.1 Å². The maximum absolute atomic E-state index is 13.0. The largest absolute Gasteiger partial charge is 0.474 e. The molecule has 3 heterocycles. The highest BCUT2D eigenvalue weighted by Gasteiger charge is 2.28. The summed E-state index contributed by atoms with van der Waals surface area (Å²) in [6.45, 7) is 6.40. The van der Waals surface area contributed by atoms with E-state index in [1.807, 2.05) is 13.8 Å². The summed E-state index contributed by atoms with van der Waals surface area (Å²) in [5.41, 5.74) is 1.92. The molecule has 2 aromatic rings. The van der Waals surface area contributed by atoms with Crippen LogP contribution >= 0.6 is 11.6 Å². The lowest BCUT2D eigenvalue weighted by molar-refractivity contribution is -0.114. The van der Waals surface area contributed by atoms with Crippen molar-refractivity contribution in [3.05, 3.63) is 34.7 Å². The van der Waals surface area contributed by atoms with E-state index in [1.54, 1.807) is 17.2 Å². The summed E-state index contributed by atoms with van der Waals surface area (Å²) in [5, 5.41) is 10.1. The third kappa shape index (κ3) is 4.62. The molecule has 0 aromatic carbocycles. The van der Waals surface area contributed by atoms with Crippen LogP contribution in [0.4, 0.5) is 5.69 Å². The molecule has 0 aliphatic carbocycles. The van der Waals surface area contributed by atoms with Crippen molar-refractivity contribution >= 4 is 29.1 Å². The van der Waals surface area contributed by atoms with Gasteiger partial charge in [0.25, 0.3) is 5.91 Å². The Bertz CT molecular complexity index is 867. The summed E-state index contributed by atoms with van der Waals surface area (Å²) in [4.78, 5) is 30.3. The Morgan fingerprint density at radius 1 is 1.39 bits per heavy atom. The Kier molecular flexibility index (Phi) is 6.18. The summed E-state index contributed by atoms with van der Waals surface area (Å²) in [5.74, 6) is 0.0998. The Morgan fingerprint density at radius 2 is 2.18 bits per heavy atom. The minimum Gasteiger partial charge on any atom is -0.474 e. The molecular formula is C19H24ClN5O3. The van der Waals surface area contributed by atoms with Gasteiger partial charge in [-0.2, -0.15) is 5.10 Å². The van der Waals surface area contributed by atoms with E-state index in [2.05, 4.69) is 20.5 Å². The number of nitrogens with one attached hydrogen (secondary N) is 2. The number of likely N-dealkylation sites (tertiary alicyclic amines) is 1. The lowest BCUT2D eigenvalue weighted by atomic mass is 9.93. The molecule has 0 spiro atoms. The number of piperidine rings is 1. The van der Waals surface area contributed by atoms with E-state index in [0.29, 0.717) is 35.2 Å². The molecule has 1 aliphatic heterocycles. The number of amides is 2. The van der Waals surface area contributed by atoms with Gasteiger partial charge in [0.05, 0.1) is 29.2 Å². The van der Waals surface area contributed by atoms with Gasteiger partial charge in [0.2, 0.25) is 11.8 Å². The third-order valence-electron chi connectivity index (χ3n) is 4.50. The first kappa shape index (κ1) is 20.1. The van der Waals surface area contributed by atoms with Crippen LogP contribution in [0.25, 0.3) is 0 Å². The number of H-pyrrole nitrogens is 1. The molecule has 0 saturated carbocycles. The first-order valence-corrected chi connectivity index (χ1v) is 9.65. The maximum Gasteiger partial charge on any atom is 0.255 e. The van der Waals surface area contributed by atoms with Crippen molar-refractivity contribution in [3.8, 4) is 5.88 Å². The van der Waals surface area contributed by atoms with E-state index in [0.717, 1.165) is 18.5 Å². The zero-order valence-corrected chi connectivity index (χ0v) is 16.9. The predicted molar refractivity (Wildman–Crippen MR) is 106 cm³/mol. The Morgan fingerprint density at radius 3 is 2.86 bits per heavy atom. The number of hydrogen-bond acceptors (Lipinski definition) is 5. The summed E-state index contributed by atoms with van der Waals surface area (Å²) in [6.07, 6.45) is 4.79. The van der Waals surface area contributed by atoms with Crippen LogP contribution in [0.1, 0.15) is 55.6 Å². The van der Waals surface area contributed by atoms with Crippen LogP contribution in [0.2, 0.25) is 5.02 Å². The van der Waals surface area contributed by atoms with Crippen LogP contribution in [-0.2, 0) is 4.79 Å². The van der Waals surface area contributed by atoms with Gasteiger partial charge in [0, 0.05) is 32.1 Å². The maximum atomic E-state index is 13.0. The molecule has 150 valence electrons. The molecule has 2 aromatic heterocycles. The van der Waals surface area contributed by atoms with Crippen LogP contribution in [0.5, 0.6) is 5.88 Å². The van der Waals surface area contributed by atoms with Crippen molar-refractivity contribution in [3.63, 3.8) is 0 Å². The molecule has 1 atom stereocenters. The highest BCUT2D eigenvalue weighted by atomic mass is 35.5. The van der Waals surface area contributed by atoms with Crippen LogP contribution in [0.3, 0.4) is 0 Å². The van der Waals surface area contributed by atoms with E-state index in [4.69, 9.17) is 16.3 Å². The number of carbonyl (C=O) groups is 2. The molecule has 0 bridgehead atoms. The Hall–Kier alpha value is -2.61. The van der Waals surface area contributed by atoms with Gasteiger partial charge in [-0.1, -0.05) is 11.6 Å². The third-order valence-corrected chi connectivity index (χ3v) is 4.77. The lowest BCUT2D eigenvalue weighted by Gasteiger charge is -2.32. The number of anilines is 1. The van der Waals surface area contributed by atoms with E-state index in [9.17, 15) is 9.59 Å². The first-order chi connectivity index (χ1) is 13.3. The molecule has 1 fully saturated rings. The number of ether oxygens (including phenoxy) is 1. The Labute approximate surface area is 168 Å². The summed E-state index contributed by atoms with van der Waals surface area (Å²) < 4.78 is 5.52. The molecule has 2 N–H and O–H groups in total. The lowest BCUT2D eigenvalue weighted by Crippen LogP contribution is -2.39. The highest BCUT2D eigenvalue weighted by molar-refractivity contribution is 6.32. The van der Waals surface area contributed by atoms with Gasteiger partial charge in [0.15, 0.2) is 0 Å². The van der Waals surface area contributed by atoms with Crippen LogP contribution in [0, 0.1) is 0 Å². The number of hydrogen-bond donors (Lipinski definition) is 2. The molecule has 0 radical (unpaired) electrons. The molecule has 2 amide bonds. The number of halogens is 1. The smallest absolute Gasteiger partial charge is 0.255 e. The highest BCUT2D eigenvalue weighted by Crippen LogP contribution is 2.31. The summed E-state index contributed by atoms with van der Waals surface area (Å²) in [7, 11) is 0. The topological polar surface area (TPSA) is 100 Å². The number of nitrogens with zero attached hydrogens (tertiary/aromatic N) is 3. The molecule has 1 aliphatic rings. The molecule has 0 unspecified atom stereocenters. The normalized spacial score (nSPS) is 16.9. The zero-order chi connectivity index (χ0) is 20.3. The standard InChI is InChI=1S/C19H24ClN5O3/c1-11(2)28-18-15(20)7-14(8-21-18)19(27)25-6-4-5-13(10-25)17-16(9-22-24-17)23-12(3)26/h7-9,11,13H,4-6,10H2,1-3H3,(H,22,24)(H,23,26)/t13-/m1/s1. The van der Waals surface area contributed by atoms with Crippen molar-refractivity contribution in [2.24, 2.45) is 0 Å². The fourth-order valence-electron chi connectivity index (χ4n) is 3.33. The van der Waals surface area contributed by atoms with Crippen molar-refractivity contribution in [2.45, 2.75) is 45.6 Å². The number of pyridine rings is 1. The second-order valence-corrected chi connectivity index (χ2v) is 7.55. The summed E-state index contributed by atoms with van der Waals surface area (Å²) in [6, 6.07) is 1.59. The predicted octanol–water partition coefficient (Wildman–Crippen LogP) is 3.22. The quantitative estimate of drug-likeness (QED) is 0.795. The van der Waals surface area contributed by atoms with E-state index in [1.165, 1.54) is 13.1 Å². The van der Waals surface area contributed by atoms with Gasteiger partial charge in [0.1, 0.15) is 5.02 Å². The second-order valence-electron chi connectivity index (χ2n) is 7.15. The second kappa shape index (κ2) is 8.60. The fourth-order valence-corrected chi connectivity index (χ4v) is 3.54. The number of rotatable bonds is 5. The van der Waals surface area contributed by atoms with Crippen molar-refractivity contribution < 1.29 is 14.3 Å². The van der Waals surface area contributed by atoms with E-state index in [-0.39, 0.29) is 23.8 Å². The van der Waals surface area contributed by atoms with Crippen LogP contribution in [0.15, 0.2) is 18.5 Å². The minimum atomic E-state index is -0.157. The van der Waals surface area contributed by atoms with Crippen molar-refractivity contribution in [1.82, 2.24) is 20.1 Å². The monoisotopic (exact) mass is 405 g/mol. The minimum absolute atomic E-state index is 0.0541. The van der Waals surface area contributed by atoms with Crippen molar-refractivity contribution in [1.29, 1.82) is 0 Å². The zero-order valence-electron chi connectivity index (χ0n) is 16.2. The van der Waals surface area contributed by atoms with Gasteiger partial charge in [-0.05, 0) is 32.8 Å². The van der Waals surface area contributed by atoms with Crippen molar-refractivity contribution in [2.75, 3.05) is 18.4 Å². The average molecular weight is 406 g/mol.